The summed E-state index contributed by atoms with van der Waals surface area (Å²) in [6, 6.07) is 15.2. The Labute approximate surface area is 211 Å². The van der Waals surface area contributed by atoms with Crippen LogP contribution in [0.2, 0.25) is 0 Å². The Kier molecular flexibility index (Phi) is 8.69. The van der Waals surface area contributed by atoms with Gasteiger partial charge in [-0.05, 0) is 81.2 Å². The lowest BCUT2D eigenvalue weighted by Crippen LogP contribution is -2.35. The predicted octanol–water partition coefficient (Wildman–Crippen LogP) is 7.93. The predicted molar refractivity (Wildman–Crippen MR) is 142 cm³/mol. The van der Waals surface area contributed by atoms with Gasteiger partial charge in [0.25, 0.3) is 0 Å². The highest BCUT2D eigenvalue weighted by molar-refractivity contribution is 5.70. The van der Waals surface area contributed by atoms with E-state index in [1.807, 2.05) is 19.9 Å². The second-order valence-electron chi connectivity index (χ2n) is 11.0. The van der Waals surface area contributed by atoms with Gasteiger partial charge in [-0.15, -0.1) is 0 Å². The fourth-order valence-electron chi connectivity index (χ4n) is 4.78. The van der Waals surface area contributed by atoms with Crippen LogP contribution in [0.4, 0.5) is 0 Å². The first kappa shape index (κ1) is 25.9. The van der Waals surface area contributed by atoms with Crippen LogP contribution in [-0.4, -0.2) is 24.3 Å². The van der Waals surface area contributed by atoms with Crippen LogP contribution < -0.4 is 4.74 Å². The van der Waals surface area contributed by atoms with Crippen LogP contribution in [0.5, 0.6) is 5.75 Å². The fourth-order valence-corrected chi connectivity index (χ4v) is 4.78. The molecule has 1 atom stereocenters. The van der Waals surface area contributed by atoms with Crippen LogP contribution in [0, 0.1) is 0 Å². The summed E-state index contributed by atoms with van der Waals surface area (Å²) in [5, 5.41) is 0. The number of hydrogen-bond acceptors (Lipinski definition) is 4. The second-order valence-corrected chi connectivity index (χ2v) is 11.0. The summed E-state index contributed by atoms with van der Waals surface area (Å²) in [5.74, 6) is 0.358. The summed E-state index contributed by atoms with van der Waals surface area (Å²) in [7, 11) is 0. The van der Waals surface area contributed by atoms with Crippen molar-refractivity contribution in [3.8, 4) is 5.75 Å². The van der Waals surface area contributed by atoms with Gasteiger partial charge in [0.15, 0.2) is 6.29 Å². The Morgan fingerprint density at radius 1 is 1.00 bits per heavy atom. The molecule has 1 unspecified atom stereocenters. The molecule has 0 spiro atoms. The molecular weight excluding hydrogens is 436 g/mol. The maximum absolute atomic E-state index is 6.22. The van der Waals surface area contributed by atoms with E-state index in [0.29, 0.717) is 6.61 Å². The molecule has 0 N–H and O–H groups in total. The molecule has 4 rings (SSSR count). The molecule has 1 fully saturated rings. The van der Waals surface area contributed by atoms with E-state index in [1.54, 1.807) is 0 Å². The van der Waals surface area contributed by atoms with Gasteiger partial charge in [0.2, 0.25) is 5.79 Å². The third-order valence-corrected chi connectivity index (χ3v) is 6.77. The molecule has 2 heterocycles. The van der Waals surface area contributed by atoms with Crippen molar-refractivity contribution >= 4 is 12.2 Å². The maximum atomic E-state index is 6.22. The Hall–Kier alpha value is -2.14. The molecule has 0 amide bonds. The molecule has 0 aliphatic carbocycles. The van der Waals surface area contributed by atoms with E-state index in [-0.39, 0.29) is 11.9 Å². The van der Waals surface area contributed by atoms with Crippen molar-refractivity contribution in [3.63, 3.8) is 0 Å². The number of benzene rings is 2. The number of fused-ring (bicyclic) bond motifs is 1. The largest absolute Gasteiger partial charge is 0.463 e. The number of rotatable bonds is 10. The van der Waals surface area contributed by atoms with Crippen molar-refractivity contribution in [1.29, 1.82) is 0 Å². The number of hydrogen-bond donors (Lipinski definition) is 0. The standard InChI is InChI=1S/C31H42O4/c1-30(2,35-29-14-7-9-20-32-29)19-8-5-6-11-24-12-10-13-25(21-24)15-16-26-17-18-28-27(22-26)23-33-31(3,4)34-28/h10,12-13,15-18,21-22,29H,5-9,11,14,19-20,23H2,1-4H3. The lowest BCUT2D eigenvalue weighted by Gasteiger charge is -2.32. The Morgan fingerprint density at radius 2 is 1.83 bits per heavy atom. The minimum Gasteiger partial charge on any atom is -0.463 e. The van der Waals surface area contributed by atoms with Crippen molar-refractivity contribution in [2.45, 2.75) is 103 Å². The molecular formula is C31H42O4. The Balaban J connectivity index is 1.22. The van der Waals surface area contributed by atoms with Crippen molar-refractivity contribution in [3.05, 3.63) is 64.7 Å². The first-order valence-electron chi connectivity index (χ1n) is 13.3. The Morgan fingerprint density at radius 3 is 2.63 bits per heavy atom. The zero-order chi connectivity index (χ0) is 24.7. The monoisotopic (exact) mass is 478 g/mol. The van der Waals surface area contributed by atoms with E-state index >= 15 is 0 Å². The fraction of sp³-hybridized carbons (Fsp3) is 0.548. The zero-order valence-corrected chi connectivity index (χ0v) is 22.0. The van der Waals surface area contributed by atoms with E-state index in [0.717, 1.165) is 49.2 Å². The van der Waals surface area contributed by atoms with E-state index in [1.165, 1.54) is 36.8 Å². The zero-order valence-electron chi connectivity index (χ0n) is 22.0. The van der Waals surface area contributed by atoms with Crippen molar-refractivity contribution in [2.24, 2.45) is 0 Å². The van der Waals surface area contributed by atoms with Gasteiger partial charge >= 0.3 is 0 Å². The lowest BCUT2D eigenvalue weighted by atomic mass is 9.98. The quantitative estimate of drug-likeness (QED) is 0.257. The first-order valence-corrected chi connectivity index (χ1v) is 13.3. The molecule has 0 radical (unpaired) electrons. The highest BCUT2D eigenvalue weighted by Crippen LogP contribution is 2.32. The van der Waals surface area contributed by atoms with Crippen LogP contribution in [0.3, 0.4) is 0 Å². The molecule has 0 bridgehead atoms. The minimum atomic E-state index is -0.557. The average Bonchev–Trinajstić information content (AvgIpc) is 2.82. The van der Waals surface area contributed by atoms with Gasteiger partial charge in [-0.3, -0.25) is 0 Å². The highest BCUT2D eigenvalue weighted by atomic mass is 16.7. The van der Waals surface area contributed by atoms with Crippen molar-refractivity contribution < 1.29 is 18.9 Å². The highest BCUT2D eigenvalue weighted by Gasteiger charge is 2.27. The third kappa shape index (κ3) is 8.20. The van der Waals surface area contributed by atoms with E-state index in [9.17, 15) is 0 Å². The Bertz CT molecular complexity index is 985. The first-order chi connectivity index (χ1) is 16.8. The molecule has 190 valence electrons. The summed E-state index contributed by atoms with van der Waals surface area (Å²) in [6.07, 6.45) is 13.5. The van der Waals surface area contributed by atoms with Gasteiger partial charge in [-0.25, -0.2) is 0 Å². The molecule has 4 nitrogen and oxygen atoms in total. The van der Waals surface area contributed by atoms with Crippen LogP contribution in [0.25, 0.3) is 12.2 Å². The molecule has 0 saturated carbocycles. The molecule has 35 heavy (non-hydrogen) atoms. The molecule has 1 saturated heterocycles. The van der Waals surface area contributed by atoms with Crippen molar-refractivity contribution in [1.82, 2.24) is 0 Å². The summed E-state index contributed by atoms with van der Waals surface area (Å²) in [5.41, 5.74) is 4.77. The van der Waals surface area contributed by atoms with Gasteiger partial charge in [-0.1, -0.05) is 55.3 Å². The number of ether oxygens (including phenoxy) is 4. The summed E-state index contributed by atoms with van der Waals surface area (Å²) >= 11 is 0. The smallest absolute Gasteiger partial charge is 0.205 e. The SMILES string of the molecule is CC(C)(CCCCCc1cccc(C=Cc2ccc3c(c2)COC(C)(C)O3)c1)OC1CCCCO1. The minimum absolute atomic E-state index is 0.00957. The van der Waals surface area contributed by atoms with Gasteiger partial charge < -0.3 is 18.9 Å². The van der Waals surface area contributed by atoms with Gasteiger partial charge in [0, 0.05) is 26.0 Å². The van der Waals surface area contributed by atoms with Gasteiger partial charge in [0.1, 0.15) is 5.75 Å². The lowest BCUT2D eigenvalue weighted by molar-refractivity contribution is -0.217. The van der Waals surface area contributed by atoms with Crippen LogP contribution in [0.1, 0.15) is 94.9 Å². The second kappa shape index (κ2) is 11.7. The van der Waals surface area contributed by atoms with Crippen LogP contribution in [-0.2, 0) is 27.2 Å². The molecule has 2 aliphatic heterocycles. The number of unbranched alkanes of at least 4 members (excludes halogenated alkanes) is 2. The van der Waals surface area contributed by atoms with E-state index in [2.05, 4.69) is 62.4 Å². The van der Waals surface area contributed by atoms with Crippen LogP contribution in [0.15, 0.2) is 42.5 Å². The molecule has 4 heteroatoms. The van der Waals surface area contributed by atoms with Gasteiger partial charge in [-0.2, -0.15) is 0 Å². The molecule has 2 aromatic carbocycles. The maximum Gasteiger partial charge on any atom is 0.205 e. The summed E-state index contributed by atoms with van der Waals surface area (Å²) < 4.78 is 23.6. The van der Waals surface area contributed by atoms with E-state index in [4.69, 9.17) is 18.9 Å². The number of aryl methyl sites for hydroxylation is 1. The molecule has 2 aromatic rings. The van der Waals surface area contributed by atoms with Crippen molar-refractivity contribution in [2.75, 3.05) is 6.61 Å². The normalized spacial score (nSPS) is 19.9. The summed E-state index contributed by atoms with van der Waals surface area (Å²) in [4.78, 5) is 0. The third-order valence-electron chi connectivity index (χ3n) is 6.77. The topological polar surface area (TPSA) is 36.9 Å². The van der Waals surface area contributed by atoms with Gasteiger partial charge in [0.05, 0.1) is 12.2 Å². The molecule has 2 aliphatic rings. The summed E-state index contributed by atoms with van der Waals surface area (Å²) in [6.45, 7) is 9.70. The van der Waals surface area contributed by atoms with E-state index < -0.39 is 5.79 Å². The van der Waals surface area contributed by atoms with Crippen LogP contribution >= 0.6 is 0 Å². The average molecular weight is 479 g/mol. The molecule has 0 aromatic heterocycles.